The number of aliphatic hydroxyl groups is 2. The molecule has 4 rings (SSSR count). The summed E-state index contributed by atoms with van der Waals surface area (Å²) < 4.78 is 10.0. The molecule has 2 saturated carbocycles. The van der Waals surface area contributed by atoms with E-state index in [4.69, 9.17) is 26.0 Å². The second-order valence-electron chi connectivity index (χ2n) is 18.6. The number of ether oxygens (including phenoxy) is 2. The SMILES string of the molecule is CC(CC(=O)O)C(=O)NC(CCCN=C(N)N)C(=O)NC(CC(=O)O)C(=O)NC(CC(=O)O)C(=O)NC(CSSCCOC(=O)OCC(=O)C1(O)CCC2C3CC=C4CC(=O)C=CC4(C)C3C(O)CC21)C(=O)O. The fraction of sp³-hybridized carbons (Fsp3) is 0.644. The molecule has 0 aromatic carbocycles. The summed E-state index contributed by atoms with van der Waals surface area (Å²) in [4.78, 5) is 141. The monoisotopic (exact) mass is 1070 g/mol. The summed E-state index contributed by atoms with van der Waals surface area (Å²) in [5.41, 5.74) is 9.22. The zero-order valence-electron chi connectivity index (χ0n) is 40.0. The van der Waals surface area contributed by atoms with E-state index in [0.717, 1.165) is 27.2 Å². The van der Waals surface area contributed by atoms with Gasteiger partial charge in [0.05, 0.1) is 25.4 Å². The van der Waals surface area contributed by atoms with Crippen molar-refractivity contribution >= 4 is 92.8 Å². The van der Waals surface area contributed by atoms with E-state index in [0.29, 0.717) is 12.8 Å². The number of carboxylic acids is 4. The molecule has 12 unspecified atom stereocenters. The van der Waals surface area contributed by atoms with Crippen LogP contribution in [0.1, 0.15) is 78.1 Å². The molecular formula is C45H63N7O19S2. The predicted molar refractivity (Wildman–Crippen MR) is 257 cm³/mol. The van der Waals surface area contributed by atoms with Gasteiger partial charge in [0.15, 0.2) is 18.3 Å². The Kier molecular flexibility index (Phi) is 21.6. The number of guanidine groups is 1. The van der Waals surface area contributed by atoms with Gasteiger partial charge in [0.2, 0.25) is 29.4 Å². The largest absolute Gasteiger partial charge is 0.508 e. The van der Waals surface area contributed by atoms with Crippen molar-refractivity contribution in [1.29, 1.82) is 0 Å². The van der Waals surface area contributed by atoms with Gasteiger partial charge in [-0.05, 0) is 56.4 Å². The molecule has 4 aliphatic carbocycles. The smallest absolute Gasteiger partial charge is 0.481 e. The minimum absolute atomic E-state index is 0.00281. The van der Waals surface area contributed by atoms with Crippen molar-refractivity contribution in [3.63, 3.8) is 0 Å². The van der Waals surface area contributed by atoms with Gasteiger partial charge in [0, 0.05) is 47.6 Å². The van der Waals surface area contributed by atoms with Gasteiger partial charge in [-0.2, -0.15) is 0 Å². The molecule has 2 fully saturated rings. The summed E-state index contributed by atoms with van der Waals surface area (Å²) >= 11 is 0. The fourth-order valence-electron chi connectivity index (χ4n) is 10.0. The Morgan fingerprint density at radius 2 is 1.41 bits per heavy atom. The lowest BCUT2D eigenvalue weighted by molar-refractivity contribution is -0.154. The van der Waals surface area contributed by atoms with E-state index in [1.165, 1.54) is 6.92 Å². The number of nitrogens with zero attached hydrogens (tertiary/aromatic N) is 1. The van der Waals surface area contributed by atoms with Crippen molar-refractivity contribution in [2.45, 2.75) is 114 Å². The number of Topliss-reactive ketones (excluding diaryl/α,β-unsaturated/α-hetero) is 1. The standard InChI is InChI=1S/C45H63N7O19S2/c1-21(14-33(56)57)37(62)49-27(4-3-11-48-42(46)47)38(63)50-28(17-34(58)59)39(64)51-29(18-35(60)61)40(65)52-30(41(66)67)20-73-72-13-12-70-43(68)71-19-32(55)45(69)10-8-24-25-6-5-22-15-23(53)7-9-44(22,2)36(25)31(54)16-26(24)45/h5,7,9,21,24-31,36,54,69H,3-4,6,8,10-20H2,1-2H3,(H,49,62)(H,50,63)(H,51,64)(H,52,65)(H,56,57)(H,58,59)(H,60,61)(H,66,67)(H4,46,47,48). The molecule has 0 aromatic heterocycles. The second kappa shape index (κ2) is 26.6. The molecule has 12 atom stereocenters. The highest BCUT2D eigenvalue weighted by molar-refractivity contribution is 8.76. The van der Waals surface area contributed by atoms with Gasteiger partial charge in [-0.1, -0.05) is 53.2 Å². The molecule has 0 radical (unpaired) electrons. The number of hydrogen-bond acceptors (Lipinski definition) is 18. The maximum atomic E-state index is 13.4. The first-order valence-corrected chi connectivity index (χ1v) is 25.8. The zero-order valence-corrected chi connectivity index (χ0v) is 41.7. The van der Waals surface area contributed by atoms with Crippen molar-refractivity contribution in [3.05, 3.63) is 23.8 Å². The molecule has 0 aromatic rings. The molecule has 0 bridgehead atoms. The number of carbonyl (C=O) groups excluding carboxylic acids is 7. The number of carboxylic acid groups (broad SMARTS) is 4. The van der Waals surface area contributed by atoms with E-state index in [-0.39, 0.29) is 86.3 Å². The van der Waals surface area contributed by atoms with E-state index in [9.17, 15) is 78.3 Å². The van der Waals surface area contributed by atoms with Gasteiger partial charge in [0.1, 0.15) is 36.4 Å². The van der Waals surface area contributed by atoms with Crippen LogP contribution in [0.3, 0.4) is 0 Å². The molecule has 0 spiro atoms. The van der Waals surface area contributed by atoms with Crippen LogP contribution in [0.15, 0.2) is 28.8 Å². The van der Waals surface area contributed by atoms with Crippen LogP contribution in [-0.4, -0.2) is 169 Å². The molecule has 28 heteroatoms. The van der Waals surface area contributed by atoms with Crippen LogP contribution >= 0.6 is 21.6 Å². The number of aliphatic imine (C=N–C) groups is 1. The minimum Gasteiger partial charge on any atom is -0.481 e. The Balaban J connectivity index is 1.25. The van der Waals surface area contributed by atoms with Crippen molar-refractivity contribution in [1.82, 2.24) is 21.3 Å². The second-order valence-corrected chi connectivity index (χ2v) is 21.2. The zero-order chi connectivity index (χ0) is 54.4. The maximum absolute atomic E-state index is 13.4. The lowest BCUT2D eigenvalue weighted by atomic mass is 9.50. The Hall–Kier alpha value is -6.26. The number of carbonyl (C=O) groups is 11. The van der Waals surface area contributed by atoms with E-state index >= 15 is 0 Å². The highest BCUT2D eigenvalue weighted by Gasteiger charge is 2.62. The average Bonchev–Trinajstić information content (AvgIpc) is 3.64. The minimum atomic E-state index is -2.01. The van der Waals surface area contributed by atoms with Crippen LogP contribution in [0.2, 0.25) is 0 Å². The molecule has 404 valence electrons. The van der Waals surface area contributed by atoms with Gasteiger partial charge in [-0.15, -0.1) is 0 Å². The first-order valence-electron chi connectivity index (χ1n) is 23.3. The molecule has 26 nitrogen and oxygen atoms in total. The maximum Gasteiger partial charge on any atom is 0.508 e. The third-order valence-corrected chi connectivity index (χ3v) is 15.9. The summed E-state index contributed by atoms with van der Waals surface area (Å²) in [6.45, 7) is 2.16. The van der Waals surface area contributed by atoms with E-state index in [1.807, 2.05) is 24.4 Å². The van der Waals surface area contributed by atoms with Gasteiger partial charge in [-0.3, -0.25) is 48.1 Å². The molecular weight excluding hydrogens is 1010 g/mol. The van der Waals surface area contributed by atoms with E-state index in [2.05, 4.69) is 20.9 Å². The lowest BCUT2D eigenvalue weighted by Crippen LogP contribution is -2.58. The first kappa shape index (κ1) is 59.3. The first-order chi connectivity index (χ1) is 34.3. The number of amides is 4. The molecule has 0 heterocycles. The van der Waals surface area contributed by atoms with Crippen LogP contribution in [0.4, 0.5) is 4.79 Å². The number of aliphatic hydroxyl groups excluding tert-OH is 1. The van der Waals surface area contributed by atoms with Crippen molar-refractivity contribution < 1.29 is 92.9 Å². The summed E-state index contributed by atoms with van der Waals surface area (Å²) in [6, 6.07) is -7.19. The van der Waals surface area contributed by atoms with Crippen LogP contribution in [0.5, 0.6) is 0 Å². The van der Waals surface area contributed by atoms with Crippen molar-refractivity contribution in [2.24, 2.45) is 51.5 Å². The summed E-state index contributed by atoms with van der Waals surface area (Å²) in [7, 11) is 1.87. The van der Waals surface area contributed by atoms with Gasteiger partial charge < -0.3 is 72.8 Å². The van der Waals surface area contributed by atoms with E-state index < -0.39 is 138 Å². The number of hydrogen-bond donors (Lipinski definition) is 12. The molecule has 0 aliphatic heterocycles. The number of fused-ring (bicyclic) bond motifs is 5. The summed E-state index contributed by atoms with van der Waals surface area (Å²) in [5.74, 6) is -14.3. The van der Waals surface area contributed by atoms with Gasteiger partial charge in [0.25, 0.3) is 0 Å². The molecule has 0 saturated heterocycles. The normalized spacial score (nSPS) is 25.7. The number of ketones is 2. The molecule has 4 aliphatic rings. The highest BCUT2D eigenvalue weighted by Crippen LogP contribution is 2.61. The number of aliphatic carboxylic acids is 4. The molecule has 4 amide bonds. The topological polar surface area (TPSA) is 440 Å². The predicted octanol–water partition coefficient (Wildman–Crippen LogP) is -1.15. The highest BCUT2D eigenvalue weighted by atomic mass is 33.1. The van der Waals surface area contributed by atoms with Crippen LogP contribution in [0, 0.1) is 35.0 Å². The Morgan fingerprint density at radius 1 is 0.822 bits per heavy atom. The quantitative estimate of drug-likeness (QED) is 0.0110. The summed E-state index contributed by atoms with van der Waals surface area (Å²) in [5, 5.41) is 69.6. The summed E-state index contributed by atoms with van der Waals surface area (Å²) in [6.07, 6.45) is 2.03. The van der Waals surface area contributed by atoms with Crippen LogP contribution < -0.4 is 32.7 Å². The third-order valence-electron chi connectivity index (χ3n) is 13.6. The number of nitrogens with two attached hydrogens (primary N) is 2. The number of rotatable bonds is 28. The molecule has 73 heavy (non-hydrogen) atoms. The van der Waals surface area contributed by atoms with Gasteiger partial charge >= 0.3 is 30.0 Å². The van der Waals surface area contributed by atoms with Crippen molar-refractivity contribution in [3.8, 4) is 0 Å². The lowest BCUT2D eigenvalue weighted by Gasteiger charge is -2.55. The average molecular weight is 1070 g/mol. The van der Waals surface area contributed by atoms with E-state index in [1.54, 1.807) is 6.08 Å². The fourth-order valence-corrected chi connectivity index (χ4v) is 12.0. The van der Waals surface area contributed by atoms with Crippen LogP contribution in [-0.2, 0) is 57.4 Å². The van der Waals surface area contributed by atoms with Crippen LogP contribution in [0.25, 0.3) is 0 Å². The Labute approximate surface area is 426 Å². The van der Waals surface area contributed by atoms with Gasteiger partial charge in [-0.25, -0.2) is 9.59 Å². The third kappa shape index (κ3) is 16.4. The number of nitrogens with one attached hydrogen (secondary N) is 4. The molecule has 14 N–H and O–H groups in total. The Bertz CT molecular complexity index is 2240. The number of allylic oxidation sites excluding steroid dienone is 4. The Morgan fingerprint density at radius 3 is 2.00 bits per heavy atom. The van der Waals surface area contributed by atoms with Crippen molar-refractivity contribution in [2.75, 3.05) is 31.3 Å².